The predicted molar refractivity (Wildman–Crippen MR) is 70.5 cm³/mol. The summed E-state index contributed by atoms with van der Waals surface area (Å²) in [5, 5.41) is 9.72. The zero-order valence-electron chi connectivity index (χ0n) is 11.2. The van der Waals surface area contributed by atoms with Crippen molar-refractivity contribution in [3.8, 4) is 5.75 Å². The Bertz CT molecular complexity index is 344. The Morgan fingerprint density at radius 2 is 1.94 bits per heavy atom. The van der Waals surface area contributed by atoms with E-state index in [0.29, 0.717) is 6.54 Å². The molecule has 1 N–H and O–H groups in total. The molecule has 0 fully saturated rings. The van der Waals surface area contributed by atoms with Gasteiger partial charge in [-0.1, -0.05) is 18.2 Å². The topological polar surface area (TPSA) is 32.7 Å². The Hall–Kier alpha value is -1.06. The second-order valence-electron chi connectivity index (χ2n) is 5.11. The second kappa shape index (κ2) is 6.03. The first kappa shape index (κ1) is 14.0. The van der Waals surface area contributed by atoms with Crippen molar-refractivity contribution in [2.24, 2.45) is 0 Å². The van der Waals surface area contributed by atoms with Crippen LogP contribution >= 0.6 is 0 Å². The van der Waals surface area contributed by atoms with Gasteiger partial charge in [0.2, 0.25) is 0 Å². The maximum Gasteiger partial charge on any atom is 0.122 e. The minimum absolute atomic E-state index is 0.643. The summed E-state index contributed by atoms with van der Waals surface area (Å²) in [5.74, 6) is 0.934. The molecule has 3 nitrogen and oxygen atoms in total. The number of nitrogens with zero attached hydrogens (tertiary/aromatic N) is 1. The summed E-state index contributed by atoms with van der Waals surface area (Å²) in [6, 6.07) is 8.05. The molecular weight excluding hydrogens is 214 g/mol. The molecule has 0 bridgehead atoms. The number of benzene rings is 1. The molecule has 1 aromatic carbocycles. The van der Waals surface area contributed by atoms with Crippen LogP contribution in [-0.2, 0) is 6.42 Å². The molecule has 1 rings (SSSR count). The smallest absolute Gasteiger partial charge is 0.122 e. The number of aliphatic hydroxyl groups is 1. The van der Waals surface area contributed by atoms with Crippen LogP contribution in [0, 0.1) is 0 Å². The van der Waals surface area contributed by atoms with Gasteiger partial charge in [-0.15, -0.1) is 0 Å². The SMILES string of the molecule is COc1ccccc1CCN(C)CC(C)(C)O. The lowest BCUT2D eigenvalue weighted by Gasteiger charge is -2.25. The molecule has 17 heavy (non-hydrogen) atoms. The number of likely N-dealkylation sites (N-methyl/N-ethyl adjacent to an activating group) is 1. The Morgan fingerprint density at radius 1 is 1.29 bits per heavy atom. The maximum atomic E-state index is 9.72. The molecule has 0 aliphatic rings. The summed E-state index contributed by atoms with van der Waals surface area (Å²) in [6.07, 6.45) is 0.927. The number of hydrogen-bond donors (Lipinski definition) is 1. The van der Waals surface area contributed by atoms with Crippen LogP contribution in [0.25, 0.3) is 0 Å². The van der Waals surface area contributed by atoms with Crippen molar-refractivity contribution in [2.45, 2.75) is 25.9 Å². The van der Waals surface area contributed by atoms with E-state index in [0.717, 1.165) is 18.7 Å². The molecule has 0 saturated heterocycles. The first-order valence-corrected chi connectivity index (χ1v) is 5.95. The van der Waals surface area contributed by atoms with Crippen LogP contribution in [0.3, 0.4) is 0 Å². The predicted octanol–water partition coefficient (Wildman–Crippen LogP) is 1.94. The van der Waals surface area contributed by atoms with Gasteiger partial charge in [-0.2, -0.15) is 0 Å². The normalized spacial score (nSPS) is 11.9. The molecule has 0 unspecified atom stereocenters. The molecule has 0 saturated carbocycles. The summed E-state index contributed by atoms with van der Waals surface area (Å²) in [4.78, 5) is 2.13. The lowest BCUT2D eigenvalue weighted by atomic mass is 10.1. The minimum atomic E-state index is -0.643. The molecule has 0 radical (unpaired) electrons. The van der Waals surface area contributed by atoms with Crippen LogP contribution < -0.4 is 4.74 Å². The van der Waals surface area contributed by atoms with Gasteiger partial charge in [0.15, 0.2) is 0 Å². The van der Waals surface area contributed by atoms with Gasteiger partial charge in [0.05, 0.1) is 12.7 Å². The Labute approximate surface area is 104 Å². The van der Waals surface area contributed by atoms with E-state index in [9.17, 15) is 5.11 Å². The van der Waals surface area contributed by atoms with Crippen molar-refractivity contribution >= 4 is 0 Å². The molecule has 0 heterocycles. The first-order valence-electron chi connectivity index (χ1n) is 5.95. The second-order valence-corrected chi connectivity index (χ2v) is 5.11. The van der Waals surface area contributed by atoms with Gasteiger partial charge in [0.1, 0.15) is 5.75 Å². The largest absolute Gasteiger partial charge is 0.496 e. The molecule has 0 aromatic heterocycles. The van der Waals surface area contributed by atoms with E-state index in [1.54, 1.807) is 7.11 Å². The first-order chi connectivity index (χ1) is 7.92. The van der Waals surface area contributed by atoms with E-state index in [1.165, 1.54) is 5.56 Å². The fourth-order valence-electron chi connectivity index (χ4n) is 1.96. The highest BCUT2D eigenvalue weighted by Crippen LogP contribution is 2.18. The zero-order valence-corrected chi connectivity index (χ0v) is 11.2. The number of ether oxygens (including phenoxy) is 1. The Morgan fingerprint density at radius 3 is 2.53 bits per heavy atom. The lowest BCUT2D eigenvalue weighted by Crippen LogP contribution is -2.37. The lowest BCUT2D eigenvalue weighted by molar-refractivity contribution is 0.0449. The van der Waals surface area contributed by atoms with Gasteiger partial charge in [-0.25, -0.2) is 0 Å². The van der Waals surface area contributed by atoms with Gasteiger partial charge in [-0.05, 0) is 38.9 Å². The van der Waals surface area contributed by atoms with Crippen LogP contribution in [-0.4, -0.2) is 42.9 Å². The summed E-state index contributed by atoms with van der Waals surface area (Å²) in [5.41, 5.74) is 0.563. The van der Waals surface area contributed by atoms with E-state index in [1.807, 2.05) is 39.1 Å². The van der Waals surface area contributed by atoms with Crippen molar-refractivity contribution in [1.29, 1.82) is 0 Å². The Kier molecular flexibility index (Phi) is 4.97. The quantitative estimate of drug-likeness (QED) is 0.820. The molecule has 3 heteroatoms. The van der Waals surface area contributed by atoms with Gasteiger partial charge in [0, 0.05) is 13.1 Å². The minimum Gasteiger partial charge on any atom is -0.496 e. The average Bonchev–Trinajstić information content (AvgIpc) is 2.24. The number of rotatable bonds is 6. The fraction of sp³-hybridized carbons (Fsp3) is 0.571. The molecule has 1 aromatic rings. The van der Waals surface area contributed by atoms with E-state index in [4.69, 9.17) is 4.74 Å². The third-order valence-corrected chi connectivity index (χ3v) is 2.61. The van der Waals surface area contributed by atoms with Crippen LogP contribution in [0.1, 0.15) is 19.4 Å². The van der Waals surface area contributed by atoms with Crippen molar-refractivity contribution in [2.75, 3.05) is 27.2 Å². The van der Waals surface area contributed by atoms with E-state index < -0.39 is 5.60 Å². The highest BCUT2D eigenvalue weighted by atomic mass is 16.5. The zero-order chi connectivity index (χ0) is 12.9. The standard InChI is InChI=1S/C14H23NO2/c1-14(2,16)11-15(3)10-9-12-7-5-6-8-13(12)17-4/h5-8,16H,9-11H2,1-4H3. The van der Waals surface area contributed by atoms with Gasteiger partial charge >= 0.3 is 0 Å². The highest BCUT2D eigenvalue weighted by molar-refractivity contribution is 5.33. The summed E-state index contributed by atoms with van der Waals surface area (Å²) >= 11 is 0. The fourth-order valence-corrected chi connectivity index (χ4v) is 1.96. The molecule has 0 atom stereocenters. The van der Waals surface area contributed by atoms with Crippen molar-refractivity contribution in [1.82, 2.24) is 4.90 Å². The summed E-state index contributed by atoms with van der Waals surface area (Å²) < 4.78 is 5.31. The highest BCUT2D eigenvalue weighted by Gasteiger charge is 2.15. The Balaban J connectivity index is 2.50. The van der Waals surface area contributed by atoms with Crippen LogP contribution in [0.5, 0.6) is 5.75 Å². The van der Waals surface area contributed by atoms with Crippen molar-refractivity contribution in [3.05, 3.63) is 29.8 Å². The van der Waals surface area contributed by atoms with Crippen LogP contribution in [0.15, 0.2) is 24.3 Å². The van der Waals surface area contributed by atoms with Gasteiger partial charge in [0.25, 0.3) is 0 Å². The molecule has 96 valence electrons. The number of hydrogen-bond acceptors (Lipinski definition) is 3. The number of para-hydroxylation sites is 1. The van der Waals surface area contributed by atoms with E-state index >= 15 is 0 Å². The summed E-state index contributed by atoms with van der Waals surface area (Å²) in [7, 11) is 3.72. The third kappa shape index (κ3) is 5.20. The van der Waals surface area contributed by atoms with Gasteiger partial charge in [-0.3, -0.25) is 0 Å². The molecule has 0 aliphatic heterocycles. The molecule has 0 amide bonds. The maximum absolute atomic E-state index is 9.72. The van der Waals surface area contributed by atoms with E-state index in [2.05, 4.69) is 11.0 Å². The van der Waals surface area contributed by atoms with Crippen molar-refractivity contribution < 1.29 is 9.84 Å². The molecule has 0 aliphatic carbocycles. The molecule has 0 spiro atoms. The van der Waals surface area contributed by atoms with Gasteiger partial charge < -0.3 is 14.7 Å². The number of methoxy groups -OCH3 is 1. The average molecular weight is 237 g/mol. The van der Waals surface area contributed by atoms with E-state index in [-0.39, 0.29) is 0 Å². The molecular formula is C14H23NO2. The third-order valence-electron chi connectivity index (χ3n) is 2.61. The van der Waals surface area contributed by atoms with Crippen LogP contribution in [0.4, 0.5) is 0 Å². The van der Waals surface area contributed by atoms with Crippen molar-refractivity contribution in [3.63, 3.8) is 0 Å². The monoisotopic (exact) mass is 237 g/mol. The summed E-state index contributed by atoms with van der Waals surface area (Å²) in [6.45, 7) is 5.23. The van der Waals surface area contributed by atoms with Crippen LogP contribution in [0.2, 0.25) is 0 Å².